The number of hydrogen-bond donors (Lipinski definition) is 1. The van der Waals surface area contributed by atoms with E-state index in [4.69, 9.17) is 5.53 Å². The highest BCUT2D eigenvalue weighted by Gasteiger charge is 1.80. The molecule has 0 heterocycles. The zero-order chi connectivity index (χ0) is 5.54. The minimum absolute atomic E-state index is 0.730. The highest BCUT2D eigenvalue weighted by molar-refractivity contribution is 4.30. The molecule has 0 aromatic rings. The molecule has 7 heavy (non-hydrogen) atoms. The van der Waals surface area contributed by atoms with Gasteiger partial charge < -0.3 is 10.6 Å². The molecule has 0 aromatic heterocycles. The summed E-state index contributed by atoms with van der Waals surface area (Å²) in [6.45, 7) is 2.87. The summed E-state index contributed by atoms with van der Waals surface area (Å²) in [4.78, 5) is 0. The van der Waals surface area contributed by atoms with Crippen LogP contribution in [0, 0.1) is 0 Å². The molecule has 0 radical (unpaired) electrons. The first-order valence-electron chi connectivity index (χ1n) is 2.78. The molecule has 2 heteroatoms. The molecule has 0 amide bonds. The molecule has 0 aromatic carbocycles. The smallest absolute Gasteiger partial charge is 0.129 e. The van der Waals surface area contributed by atoms with Crippen molar-refractivity contribution < 1.29 is 5.11 Å². The van der Waals surface area contributed by atoms with Crippen molar-refractivity contribution in [3.05, 3.63) is 5.53 Å². The Hall–Kier alpha value is -0.400. The zero-order valence-electron chi connectivity index (χ0n) is 4.78. The summed E-state index contributed by atoms with van der Waals surface area (Å²) >= 11 is 0. The SMILES string of the molecule is CCCCC[NH+]=[N-]. The molecular formula is C5H12N2. The number of rotatable bonds is 4. The second-order valence-corrected chi connectivity index (χ2v) is 1.62. The van der Waals surface area contributed by atoms with Gasteiger partial charge in [0.05, 0.1) is 0 Å². The van der Waals surface area contributed by atoms with Crippen molar-refractivity contribution in [3.63, 3.8) is 0 Å². The number of nitrogens with zero attached hydrogens (tertiary/aromatic N) is 1. The van der Waals surface area contributed by atoms with Crippen molar-refractivity contribution in [1.29, 1.82) is 0 Å². The van der Waals surface area contributed by atoms with Gasteiger partial charge in [-0.3, -0.25) is 0 Å². The van der Waals surface area contributed by atoms with Gasteiger partial charge in [-0.1, -0.05) is 13.3 Å². The van der Waals surface area contributed by atoms with Gasteiger partial charge in [0.2, 0.25) is 0 Å². The van der Waals surface area contributed by atoms with Crippen molar-refractivity contribution in [2.24, 2.45) is 0 Å². The van der Waals surface area contributed by atoms with Crippen LogP contribution in [-0.2, 0) is 0 Å². The van der Waals surface area contributed by atoms with E-state index in [1.807, 2.05) is 0 Å². The van der Waals surface area contributed by atoms with Crippen LogP contribution in [0.3, 0.4) is 0 Å². The minimum Gasteiger partial charge on any atom is -0.509 e. The molecule has 1 N–H and O–H groups in total. The van der Waals surface area contributed by atoms with Crippen LogP contribution in [0.15, 0.2) is 0 Å². The quantitative estimate of drug-likeness (QED) is 0.389. The molecule has 2 nitrogen and oxygen atoms in total. The van der Waals surface area contributed by atoms with Crippen LogP contribution in [0.5, 0.6) is 0 Å². The van der Waals surface area contributed by atoms with Crippen LogP contribution in [0.4, 0.5) is 0 Å². The van der Waals surface area contributed by atoms with E-state index in [2.05, 4.69) is 12.0 Å². The van der Waals surface area contributed by atoms with Gasteiger partial charge in [-0.05, 0) is 6.42 Å². The maximum Gasteiger partial charge on any atom is 0.129 e. The second-order valence-electron chi connectivity index (χ2n) is 1.62. The van der Waals surface area contributed by atoms with Crippen LogP contribution in [-0.4, -0.2) is 6.54 Å². The first-order chi connectivity index (χ1) is 3.41. The molecule has 0 fully saturated rings. The minimum atomic E-state index is 0.730. The first kappa shape index (κ1) is 6.60. The number of unbranched alkanes of at least 4 members (excludes halogenated alkanes) is 2. The van der Waals surface area contributed by atoms with E-state index in [-0.39, 0.29) is 0 Å². The van der Waals surface area contributed by atoms with Crippen molar-refractivity contribution in [2.75, 3.05) is 6.54 Å². The normalized spacial score (nSPS) is 8.71. The Balaban J connectivity index is 2.56. The van der Waals surface area contributed by atoms with Crippen molar-refractivity contribution in [1.82, 2.24) is 0 Å². The van der Waals surface area contributed by atoms with E-state index in [9.17, 15) is 0 Å². The highest BCUT2D eigenvalue weighted by Crippen LogP contribution is 1.87. The van der Waals surface area contributed by atoms with E-state index in [1.54, 1.807) is 0 Å². The fourth-order valence-electron chi connectivity index (χ4n) is 0.454. The van der Waals surface area contributed by atoms with E-state index >= 15 is 0 Å². The molecule has 0 bridgehead atoms. The summed E-state index contributed by atoms with van der Waals surface area (Å²) < 4.78 is 0. The second kappa shape index (κ2) is 5.60. The Morgan fingerprint density at radius 3 is 2.57 bits per heavy atom. The van der Waals surface area contributed by atoms with Gasteiger partial charge in [0, 0.05) is 6.42 Å². The van der Waals surface area contributed by atoms with Gasteiger partial charge in [0.25, 0.3) is 0 Å². The largest absolute Gasteiger partial charge is 0.509 e. The topological polar surface area (TPSA) is 36.3 Å². The molecule has 0 aliphatic rings. The van der Waals surface area contributed by atoms with E-state index in [0.29, 0.717) is 0 Å². The van der Waals surface area contributed by atoms with Crippen molar-refractivity contribution in [3.8, 4) is 0 Å². The van der Waals surface area contributed by atoms with Gasteiger partial charge in [0.1, 0.15) is 6.54 Å². The average Bonchev–Trinajstić information content (AvgIpc) is 1.69. The Labute approximate surface area is 44.4 Å². The summed E-state index contributed by atoms with van der Waals surface area (Å²) in [5, 5.41) is 2.10. The molecule has 0 saturated heterocycles. The third-order valence-corrected chi connectivity index (χ3v) is 0.892. The molecule has 0 spiro atoms. The third kappa shape index (κ3) is 5.60. The molecule has 0 unspecified atom stereocenters. The lowest BCUT2D eigenvalue weighted by molar-refractivity contribution is -0.481. The first-order valence-corrected chi connectivity index (χ1v) is 2.78. The monoisotopic (exact) mass is 100 g/mol. The van der Waals surface area contributed by atoms with Crippen molar-refractivity contribution in [2.45, 2.75) is 26.2 Å². The molecular weight excluding hydrogens is 88.1 g/mol. The molecule has 0 atom stereocenters. The lowest BCUT2D eigenvalue weighted by Crippen LogP contribution is -2.62. The predicted octanol–water partition coefficient (Wildman–Crippen LogP) is 0.279. The van der Waals surface area contributed by atoms with Crippen LogP contribution in [0.2, 0.25) is 0 Å². The fourth-order valence-corrected chi connectivity index (χ4v) is 0.454. The van der Waals surface area contributed by atoms with Crippen LogP contribution in [0.1, 0.15) is 26.2 Å². The Morgan fingerprint density at radius 2 is 2.14 bits per heavy atom. The Bertz CT molecular complexity index is 43.3. The summed E-state index contributed by atoms with van der Waals surface area (Å²) in [6.07, 6.45) is 3.49. The molecule has 0 aliphatic carbocycles. The van der Waals surface area contributed by atoms with Gasteiger partial charge in [0.15, 0.2) is 0 Å². The van der Waals surface area contributed by atoms with E-state index in [0.717, 1.165) is 13.0 Å². The van der Waals surface area contributed by atoms with Crippen LogP contribution >= 0.6 is 0 Å². The Morgan fingerprint density at radius 1 is 1.43 bits per heavy atom. The van der Waals surface area contributed by atoms with Gasteiger partial charge >= 0.3 is 0 Å². The fraction of sp³-hybridized carbons (Fsp3) is 1.00. The molecule has 0 saturated carbocycles. The maximum absolute atomic E-state index is 8.04. The molecule has 42 valence electrons. The average molecular weight is 100 g/mol. The van der Waals surface area contributed by atoms with E-state index < -0.39 is 0 Å². The van der Waals surface area contributed by atoms with Crippen molar-refractivity contribution >= 4 is 0 Å². The zero-order valence-corrected chi connectivity index (χ0v) is 4.78. The lowest BCUT2D eigenvalue weighted by Gasteiger charge is -1.86. The summed E-state index contributed by atoms with van der Waals surface area (Å²) in [6, 6.07) is 0. The van der Waals surface area contributed by atoms with Crippen LogP contribution < -0.4 is 5.11 Å². The van der Waals surface area contributed by atoms with Crippen LogP contribution in [0.25, 0.3) is 5.53 Å². The molecule has 0 rings (SSSR count). The highest BCUT2D eigenvalue weighted by atomic mass is 14.9. The third-order valence-electron chi connectivity index (χ3n) is 0.892. The molecule has 0 aliphatic heterocycles. The maximum atomic E-state index is 8.04. The predicted molar refractivity (Wildman–Crippen MR) is 28.7 cm³/mol. The summed E-state index contributed by atoms with van der Waals surface area (Å²) in [5.74, 6) is 0. The Kier molecular flexibility index (Phi) is 5.28. The van der Waals surface area contributed by atoms with Gasteiger partial charge in [-0.25, -0.2) is 0 Å². The van der Waals surface area contributed by atoms with E-state index in [1.165, 1.54) is 12.8 Å². The standard InChI is InChI=1S/C5H12N2/c1-2-3-4-5-7-6/h7H,2-5H2,1H3. The van der Waals surface area contributed by atoms with Gasteiger partial charge in [-0.2, -0.15) is 0 Å². The summed E-state index contributed by atoms with van der Waals surface area (Å²) in [5.41, 5.74) is 8.04. The summed E-state index contributed by atoms with van der Waals surface area (Å²) in [7, 11) is 0. The number of hydrogen-bond acceptors (Lipinski definition) is 0. The lowest BCUT2D eigenvalue weighted by atomic mass is 10.3. The van der Waals surface area contributed by atoms with Gasteiger partial charge in [-0.15, -0.1) is 0 Å². The number of nitrogens with one attached hydrogen (secondary N) is 1.